The van der Waals surface area contributed by atoms with Gasteiger partial charge in [-0.15, -0.1) is 0 Å². The second-order valence-corrected chi connectivity index (χ2v) is 5.79. The van der Waals surface area contributed by atoms with Crippen LogP contribution < -0.4 is 5.32 Å². The third-order valence-corrected chi connectivity index (χ3v) is 4.36. The third kappa shape index (κ3) is 2.20. The molecule has 6 nitrogen and oxygen atoms in total. The predicted molar refractivity (Wildman–Crippen MR) is 77.7 cm³/mol. The molecule has 2 fully saturated rings. The first-order valence-electron chi connectivity index (χ1n) is 7.24. The van der Waals surface area contributed by atoms with Crippen molar-refractivity contribution in [1.29, 1.82) is 0 Å². The van der Waals surface area contributed by atoms with Crippen LogP contribution in [0.2, 0.25) is 0 Å². The van der Waals surface area contributed by atoms with E-state index in [1.165, 1.54) is 0 Å². The molecule has 2 atom stereocenters. The van der Waals surface area contributed by atoms with Crippen molar-refractivity contribution in [2.24, 2.45) is 7.05 Å². The lowest BCUT2D eigenvalue weighted by Crippen LogP contribution is -2.50. The number of benzene rings is 1. The van der Waals surface area contributed by atoms with Gasteiger partial charge in [-0.25, -0.2) is 4.98 Å². The second kappa shape index (κ2) is 4.82. The summed E-state index contributed by atoms with van der Waals surface area (Å²) in [5.41, 5.74) is 2.17. The number of ether oxygens (including phenoxy) is 1. The SMILES string of the molecule is Cn1c(CN2C[C@@H]3NC(=O)CO[C@H]3C2)nc2ccccc21. The Morgan fingerprint density at radius 3 is 3.10 bits per heavy atom. The minimum absolute atomic E-state index is 0.0131. The van der Waals surface area contributed by atoms with Gasteiger partial charge in [-0.3, -0.25) is 9.69 Å². The molecule has 1 N–H and O–H groups in total. The number of amides is 1. The van der Waals surface area contributed by atoms with Crippen LogP contribution in [0.25, 0.3) is 11.0 Å². The van der Waals surface area contributed by atoms with Crippen molar-refractivity contribution in [3.05, 3.63) is 30.1 Å². The molecule has 2 saturated heterocycles. The predicted octanol–water partition coefficient (Wildman–Crippen LogP) is 0.273. The number of carbonyl (C=O) groups excluding carboxylic acids is 1. The molecule has 0 bridgehead atoms. The molecule has 2 aromatic rings. The van der Waals surface area contributed by atoms with E-state index in [9.17, 15) is 4.79 Å². The fourth-order valence-corrected chi connectivity index (χ4v) is 3.26. The van der Waals surface area contributed by atoms with Crippen molar-refractivity contribution in [3.8, 4) is 0 Å². The van der Waals surface area contributed by atoms with Gasteiger partial charge in [-0.2, -0.15) is 0 Å². The topological polar surface area (TPSA) is 59.4 Å². The highest BCUT2D eigenvalue weighted by Crippen LogP contribution is 2.20. The van der Waals surface area contributed by atoms with Crippen molar-refractivity contribution in [2.45, 2.75) is 18.7 Å². The van der Waals surface area contributed by atoms with Crippen LogP contribution in [0.15, 0.2) is 24.3 Å². The molecule has 6 heteroatoms. The van der Waals surface area contributed by atoms with E-state index in [2.05, 4.69) is 20.9 Å². The Kier molecular flexibility index (Phi) is 2.94. The van der Waals surface area contributed by atoms with E-state index < -0.39 is 0 Å². The van der Waals surface area contributed by atoms with Gasteiger partial charge in [0, 0.05) is 20.1 Å². The van der Waals surface area contributed by atoms with Gasteiger partial charge in [-0.05, 0) is 12.1 Å². The molecule has 1 amide bonds. The number of morpholine rings is 1. The normalized spacial score (nSPS) is 26.0. The number of para-hydroxylation sites is 2. The van der Waals surface area contributed by atoms with Crippen LogP contribution in [-0.4, -0.2) is 52.2 Å². The first kappa shape index (κ1) is 12.8. The quantitative estimate of drug-likeness (QED) is 0.861. The van der Waals surface area contributed by atoms with E-state index in [1.54, 1.807) is 0 Å². The Bertz CT molecular complexity index is 696. The van der Waals surface area contributed by atoms with Crippen molar-refractivity contribution < 1.29 is 9.53 Å². The molecule has 4 rings (SSSR count). The molecule has 2 aliphatic heterocycles. The number of nitrogens with zero attached hydrogens (tertiary/aromatic N) is 3. The minimum Gasteiger partial charge on any atom is -0.365 e. The number of hydrogen-bond donors (Lipinski definition) is 1. The van der Waals surface area contributed by atoms with Crippen LogP contribution in [-0.2, 0) is 23.1 Å². The van der Waals surface area contributed by atoms with Crippen molar-refractivity contribution in [2.75, 3.05) is 19.7 Å². The summed E-state index contributed by atoms with van der Waals surface area (Å²) in [6.07, 6.45) is 0.109. The van der Waals surface area contributed by atoms with E-state index in [4.69, 9.17) is 9.72 Å². The Morgan fingerprint density at radius 1 is 1.38 bits per heavy atom. The zero-order chi connectivity index (χ0) is 14.4. The van der Waals surface area contributed by atoms with Gasteiger partial charge in [0.15, 0.2) is 0 Å². The molecule has 1 aromatic carbocycles. The summed E-state index contributed by atoms with van der Waals surface area (Å²) < 4.78 is 7.73. The van der Waals surface area contributed by atoms with Crippen molar-refractivity contribution >= 4 is 16.9 Å². The van der Waals surface area contributed by atoms with Gasteiger partial charge in [-0.1, -0.05) is 12.1 Å². The summed E-state index contributed by atoms with van der Waals surface area (Å²) in [6.45, 7) is 2.62. The van der Waals surface area contributed by atoms with Gasteiger partial charge in [0.25, 0.3) is 0 Å². The summed E-state index contributed by atoms with van der Waals surface area (Å²) in [5.74, 6) is 1.03. The highest BCUT2D eigenvalue weighted by atomic mass is 16.5. The standard InChI is InChI=1S/C15H18N4O2/c1-18-12-5-3-2-4-10(12)16-14(18)8-19-6-11-13(7-19)21-9-15(20)17-11/h2-5,11,13H,6-9H2,1H3,(H,17,20)/t11-,13-/m0/s1. The molecule has 21 heavy (non-hydrogen) atoms. The maximum Gasteiger partial charge on any atom is 0.246 e. The summed E-state index contributed by atoms with van der Waals surface area (Å²) in [6, 6.07) is 8.26. The molecular formula is C15H18N4O2. The molecule has 0 unspecified atom stereocenters. The molecule has 1 aromatic heterocycles. The number of rotatable bonds is 2. The van der Waals surface area contributed by atoms with Crippen LogP contribution >= 0.6 is 0 Å². The lowest BCUT2D eigenvalue weighted by atomic mass is 10.2. The van der Waals surface area contributed by atoms with E-state index in [0.29, 0.717) is 0 Å². The fourth-order valence-electron chi connectivity index (χ4n) is 3.26. The molecule has 0 saturated carbocycles. The van der Waals surface area contributed by atoms with Crippen molar-refractivity contribution in [3.63, 3.8) is 0 Å². The molecule has 0 radical (unpaired) electrons. The summed E-state index contributed by atoms with van der Waals surface area (Å²) in [7, 11) is 2.05. The maximum atomic E-state index is 11.4. The summed E-state index contributed by atoms with van der Waals surface area (Å²) >= 11 is 0. The van der Waals surface area contributed by atoms with Gasteiger partial charge >= 0.3 is 0 Å². The van der Waals surface area contributed by atoms with Crippen molar-refractivity contribution in [1.82, 2.24) is 19.8 Å². The number of imidazole rings is 1. The van der Waals surface area contributed by atoms with Crippen LogP contribution in [0, 0.1) is 0 Å². The minimum atomic E-state index is -0.0131. The molecule has 3 heterocycles. The Labute approximate surface area is 122 Å². The van der Waals surface area contributed by atoms with Gasteiger partial charge in [0.2, 0.25) is 5.91 Å². The van der Waals surface area contributed by atoms with E-state index in [0.717, 1.165) is 36.5 Å². The van der Waals surface area contributed by atoms with E-state index in [-0.39, 0.29) is 24.7 Å². The van der Waals surface area contributed by atoms with Crippen LogP contribution in [0.5, 0.6) is 0 Å². The maximum absolute atomic E-state index is 11.4. The smallest absolute Gasteiger partial charge is 0.246 e. The lowest BCUT2D eigenvalue weighted by Gasteiger charge is -2.25. The molecule has 110 valence electrons. The van der Waals surface area contributed by atoms with E-state index >= 15 is 0 Å². The monoisotopic (exact) mass is 286 g/mol. The van der Waals surface area contributed by atoms with Crippen LogP contribution in [0.1, 0.15) is 5.82 Å². The Morgan fingerprint density at radius 2 is 2.24 bits per heavy atom. The average molecular weight is 286 g/mol. The number of hydrogen-bond acceptors (Lipinski definition) is 4. The molecule has 0 spiro atoms. The highest BCUT2D eigenvalue weighted by Gasteiger charge is 2.38. The second-order valence-electron chi connectivity index (χ2n) is 5.79. The first-order chi connectivity index (χ1) is 10.2. The lowest BCUT2D eigenvalue weighted by molar-refractivity contribution is -0.134. The first-order valence-corrected chi connectivity index (χ1v) is 7.24. The Balaban J connectivity index is 1.53. The largest absolute Gasteiger partial charge is 0.365 e. The van der Waals surface area contributed by atoms with E-state index in [1.807, 2.05) is 25.2 Å². The third-order valence-electron chi connectivity index (χ3n) is 4.36. The van der Waals surface area contributed by atoms with Gasteiger partial charge < -0.3 is 14.6 Å². The summed E-state index contributed by atoms with van der Waals surface area (Å²) in [4.78, 5) is 18.4. The molecular weight excluding hydrogens is 268 g/mol. The zero-order valence-corrected chi connectivity index (χ0v) is 12.0. The Hall–Kier alpha value is -1.92. The fraction of sp³-hybridized carbons (Fsp3) is 0.467. The van der Waals surface area contributed by atoms with Gasteiger partial charge in [0.1, 0.15) is 12.4 Å². The number of carbonyl (C=O) groups is 1. The van der Waals surface area contributed by atoms with Gasteiger partial charge in [0.05, 0.1) is 29.7 Å². The number of likely N-dealkylation sites (tertiary alicyclic amines) is 1. The molecule has 0 aliphatic carbocycles. The number of nitrogens with one attached hydrogen (secondary N) is 1. The number of fused-ring (bicyclic) bond motifs is 2. The number of aryl methyl sites for hydroxylation is 1. The number of aromatic nitrogens is 2. The van der Waals surface area contributed by atoms with Crippen LogP contribution in [0.3, 0.4) is 0 Å². The summed E-state index contributed by atoms with van der Waals surface area (Å²) in [5, 5.41) is 3.00. The highest BCUT2D eigenvalue weighted by molar-refractivity contribution is 5.78. The average Bonchev–Trinajstić information content (AvgIpc) is 3.01. The zero-order valence-electron chi connectivity index (χ0n) is 12.0. The van der Waals surface area contributed by atoms with Crippen LogP contribution in [0.4, 0.5) is 0 Å². The molecule has 2 aliphatic rings.